The van der Waals surface area contributed by atoms with Crippen LogP contribution in [0, 0.1) is 0 Å². The first-order valence-corrected chi connectivity index (χ1v) is 12.6. The molecular formula is C25H25N5O3S2. The first-order chi connectivity index (χ1) is 17.0. The molecule has 1 amide bonds. The molecule has 0 unspecified atom stereocenters. The van der Waals surface area contributed by atoms with Crippen LogP contribution in [0.4, 0.5) is 11.5 Å². The van der Waals surface area contributed by atoms with Gasteiger partial charge in [-0.15, -0.1) is 0 Å². The topological polar surface area (TPSA) is 70.4 Å². The number of methoxy groups -OCH3 is 1. The fourth-order valence-corrected chi connectivity index (χ4v) is 5.70. The Kier molecular flexibility index (Phi) is 6.48. The lowest BCUT2D eigenvalue weighted by Gasteiger charge is -2.37. The maximum absolute atomic E-state index is 13.5. The van der Waals surface area contributed by atoms with Gasteiger partial charge < -0.3 is 14.5 Å². The summed E-state index contributed by atoms with van der Waals surface area (Å²) < 4.78 is 7.29. The summed E-state index contributed by atoms with van der Waals surface area (Å²) in [6.45, 7) is 5.32. The minimum Gasteiger partial charge on any atom is -0.497 e. The van der Waals surface area contributed by atoms with Crippen LogP contribution in [0.25, 0.3) is 11.7 Å². The summed E-state index contributed by atoms with van der Waals surface area (Å²) in [5.74, 6) is 1.25. The average molecular weight is 508 g/mol. The number of pyridine rings is 1. The van der Waals surface area contributed by atoms with E-state index in [1.807, 2.05) is 31.2 Å². The van der Waals surface area contributed by atoms with Crippen molar-refractivity contribution in [1.82, 2.24) is 14.3 Å². The molecule has 8 nitrogen and oxygen atoms in total. The minimum atomic E-state index is -0.204. The van der Waals surface area contributed by atoms with Gasteiger partial charge in [0.15, 0.2) is 0 Å². The van der Waals surface area contributed by atoms with Crippen molar-refractivity contribution in [2.45, 2.75) is 6.92 Å². The van der Waals surface area contributed by atoms with Gasteiger partial charge in [0.2, 0.25) is 0 Å². The van der Waals surface area contributed by atoms with Crippen molar-refractivity contribution in [3.8, 4) is 5.75 Å². The molecule has 1 aromatic carbocycles. The summed E-state index contributed by atoms with van der Waals surface area (Å²) in [7, 11) is 1.66. The second-order valence-corrected chi connectivity index (χ2v) is 9.86. The number of benzene rings is 1. The smallest absolute Gasteiger partial charge is 0.267 e. The normalized spacial score (nSPS) is 17.7. The van der Waals surface area contributed by atoms with Crippen LogP contribution in [-0.4, -0.2) is 64.3 Å². The molecule has 0 spiro atoms. The average Bonchev–Trinajstić information content (AvgIpc) is 3.17. The van der Waals surface area contributed by atoms with E-state index < -0.39 is 0 Å². The Hall–Kier alpha value is -3.37. The van der Waals surface area contributed by atoms with Crippen molar-refractivity contribution in [2.24, 2.45) is 0 Å². The number of likely N-dealkylation sites (N-methyl/N-ethyl adjacent to an activating group) is 1. The number of fused-ring (bicyclic) bond motifs is 1. The van der Waals surface area contributed by atoms with Gasteiger partial charge in [-0.1, -0.05) is 30.0 Å². The molecule has 5 rings (SSSR count). The van der Waals surface area contributed by atoms with E-state index in [2.05, 4.69) is 21.9 Å². The highest BCUT2D eigenvalue weighted by Crippen LogP contribution is 2.33. The van der Waals surface area contributed by atoms with Crippen molar-refractivity contribution in [1.29, 1.82) is 0 Å². The molecule has 0 aliphatic carbocycles. The third-order valence-corrected chi connectivity index (χ3v) is 7.61. The third kappa shape index (κ3) is 4.39. The van der Waals surface area contributed by atoms with Crippen LogP contribution >= 0.6 is 24.0 Å². The summed E-state index contributed by atoms with van der Waals surface area (Å²) in [6, 6.07) is 13.5. The van der Waals surface area contributed by atoms with Crippen LogP contribution < -0.4 is 20.1 Å². The van der Waals surface area contributed by atoms with E-state index in [0.717, 1.165) is 24.5 Å². The molecule has 0 atom stereocenters. The molecule has 0 radical (unpaired) electrons. The maximum Gasteiger partial charge on any atom is 0.267 e. The van der Waals surface area contributed by atoms with Gasteiger partial charge in [0, 0.05) is 44.6 Å². The Bertz CT molecular complexity index is 1380. The zero-order valence-electron chi connectivity index (χ0n) is 19.5. The standard InChI is InChI=1S/C25H25N5O3S2/c1-3-29-24(32)20(35-25(29)34)16-19-22(26-21-6-4-5-11-30(21)23(19)31)28-14-12-27(13-15-28)17-7-9-18(33-2)10-8-17/h4-11,16H,3,12-15H2,1-2H3/b20-16+. The largest absolute Gasteiger partial charge is 0.497 e. The number of ether oxygens (including phenoxy) is 1. The van der Waals surface area contributed by atoms with Gasteiger partial charge in [0.25, 0.3) is 11.5 Å². The molecule has 180 valence electrons. The van der Waals surface area contributed by atoms with Crippen LogP contribution in [-0.2, 0) is 4.79 Å². The molecule has 10 heteroatoms. The van der Waals surface area contributed by atoms with Crippen molar-refractivity contribution < 1.29 is 9.53 Å². The van der Waals surface area contributed by atoms with Crippen molar-refractivity contribution in [2.75, 3.05) is 49.6 Å². The van der Waals surface area contributed by atoms with Crippen LogP contribution in [0.5, 0.6) is 5.75 Å². The Morgan fingerprint density at radius 3 is 2.43 bits per heavy atom. The van der Waals surface area contributed by atoms with Gasteiger partial charge in [-0.3, -0.25) is 18.9 Å². The first-order valence-electron chi connectivity index (χ1n) is 11.4. The molecule has 3 aromatic rings. The lowest BCUT2D eigenvalue weighted by Crippen LogP contribution is -2.47. The SMILES string of the molecule is CCN1C(=O)/C(=C\c2c(N3CCN(c4ccc(OC)cc4)CC3)nc3ccccn3c2=O)SC1=S. The highest BCUT2D eigenvalue weighted by Gasteiger charge is 2.32. The van der Waals surface area contributed by atoms with Crippen molar-refractivity contribution in [3.05, 3.63) is 69.5 Å². The second-order valence-electron chi connectivity index (χ2n) is 8.18. The van der Waals surface area contributed by atoms with Crippen LogP contribution in [0.2, 0.25) is 0 Å². The van der Waals surface area contributed by atoms with E-state index in [9.17, 15) is 9.59 Å². The zero-order chi connectivity index (χ0) is 24.5. The number of thiocarbonyl (C=S) groups is 1. The molecule has 0 saturated carbocycles. The number of nitrogens with zero attached hydrogens (tertiary/aromatic N) is 5. The predicted molar refractivity (Wildman–Crippen MR) is 144 cm³/mol. The molecule has 35 heavy (non-hydrogen) atoms. The Labute approximate surface area is 212 Å². The number of rotatable bonds is 5. The minimum absolute atomic E-state index is 0.171. The third-order valence-electron chi connectivity index (χ3n) is 6.23. The molecule has 2 fully saturated rings. The van der Waals surface area contributed by atoms with Gasteiger partial charge in [-0.2, -0.15) is 0 Å². The van der Waals surface area contributed by atoms with Crippen molar-refractivity contribution >= 4 is 57.4 Å². The molecule has 0 N–H and O–H groups in total. The van der Waals surface area contributed by atoms with E-state index in [-0.39, 0.29) is 11.5 Å². The Balaban J connectivity index is 1.49. The maximum atomic E-state index is 13.5. The summed E-state index contributed by atoms with van der Waals surface area (Å²) in [5, 5.41) is 0. The van der Waals surface area contributed by atoms with Crippen LogP contribution in [0.1, 0.15) is 12.5 Å². The Morgan fingerprint density at radius 1 is 1.06 bits per heavy atom. The number of carbonyl (C=O) groups is 1. The summed E-state index contributed by atoms with van der Waals surface area (Å²) in [4.78, 5) is 37.6. The van der Waals surface area contributed by atoms with E-state index in [0.29, 0.717) is 45.9 Å². The van der Waals surface area contributed by atoms with Gasteiger partial charge in [0.05, 0.1) is 17.6 Å². The van der Waals surface area contributed by atoms with Gasteiger partial charge in [-0.05, 0) is 49.4 Å². The first kappa shape index (κ1) is 23.4. The van der Waals surface area contributed by atoms with E-state index in [1.165, 1.54) is 16.2 Å². The van der Waals surface area contributed by atoms with E-state index in [4.69, 9.17) is 21.9 Å². The number of hydrogen-bond donors (Lipinski definition) is 0. The monoisotopic (exact) mass is 507 g/mol. The summed E-state index contributed by atoms with van der Waals surface area (Å²) in [6.07, 6.45) is 3.36. The predicted octanol–water partition coefficient (Wildman–Crippen LogP) is 3.25. The molecule has 2 aromatic heterocycles. The highest BCUT2D eigenvalue weighted by atomic mass is 32.2. The van der Waals surface area contributed by atoms with Crippen molar-refractivity contribution in [3.63, 3.8) is 0 Å². The van der Waals surface area contributed by atoms with Gasteiger partial charge in [-0.25, -0.2) is 4.98 Å². The summed E-state index contributed by atoms with van der Waals surface area (Å²) in [5.41, 5.74) is 1.90. The molecule has 4 heterocycles. The lowest BCUT2D eigenvalue weighted by atomic mass is 10.2. The number of anilines is 2. The van der Waals surface area contributed by atoms with Gasteiger partial charge >= 0.3 is 0 Å². The molecule has 2 aliphatic rings. The second kappa shape index (κ2) is 9.71. The zero-order valence-corrected chi connectivity index (χ0v) is 21.1. The van der Waals surface area contributed by atoms with Crippen LogP contribution in [0.3, 0.4) is 0 Å². The molecular weight excluding hydrogens is 482 g/mol. The molecule has 2 saturated heterocycles. The number of piperazine rings is 1. The molecule has 2 aliphatic heterocycles. The van der Waals surface area contributed by atoms with E-state index in [1.54, 1.807) is 30.3 Å². The Morgan fingerprint density at radius 2 is 1.77 bits per heavy atom. The quantitative estimate of drug-likeness (QED) is 0.385. The fourth-order valence-electron chi connectivity index (χ4n) is 4.33. The number of carbonyl (C=O) groups excluding carboxylic acids is 1. The van der Waals surface area contributed by atoms with Gasteiger partial charge in [0.1, 0.15) is 21.5 Å². The number of thioether (sulfide) groups is 1. The van der Waals surface area contributed by atoms with E-state index >= 15 is 0 Å². The molecule has 0 bridgehead atoms. The number of amides is 1. The number of aromatic nitrogens is 2. The summed E-state index contributed by atoms with van der Waals surface area (Å²) >= 11 is 6.58. The van der Waals surface area contributed by atoms with Crippen LogP contribution in [0.15, 0.2) is 58.4 Å². The highest BCUT2D eigenvalue weighted by molar-refractivity contribution is 8.26. The fraction of sp³-hybridized carbons (Fsp3) is 0.280. The number of hydrogen-bond acceptors (Lipinski definition) is 8. The lowest BCUT2D eigenvalue weighted by molar-refractivity contribution is -0.121.